The van der Waals surface area contributed by atoms with Crippen molar-refractivity contribution in [3.63, 3.8) is 0 Å². The minimum atomic E-state index is 0.133. The SMILES string of the molecule is CCCCCCCCCCCC=CC=Cc1cc(O)c(C)c(O)c1. The molecule has 2 N–H and O–H groups in total. The number of unbranched alkanes of at least 4 members (excludes halogenated alkanes) is 9. The van der Waals surface area contributed by atoms with Gasteiger partial charge in [-0.2, -0.15) is 0 Å². The van der Waals surface area contributed by atoms with Crippen LogP contribution in [0.1, 0.15) is 82.3 Å². The summed E-state index contributed by atoms with van der Waals surface area (Å²) in [6.45, 7) is 3.96. The van der Waals surface area contributed by atoms with E-state index in [9.17, 15) is 10.2 Å². The van der Waals surface area contributed by atoms with Crippen molar-refractivity contribution >= 4 is 6.08 Å². The van der Waals surface area contributed by atoms with Gasteiger partial charge in [-0.15, -0.1) is 0 Å². The van der Waals surface area contributed by atoms with Gasteiger partial charge in [0.15, 0.2) is 0 Å². The normalized spacial score (nSPS) is 11.8. The zero-order valence-corrected chi connectivity index (χ0v) is 15.4. The van der Waals surface area contributed by atoms with Gasteiger partial charge in [0.05, 0.1) is 0 Å². The lowest BCUT2D eigenvalue weighted by molar-refractivity contribution is 0.443. The molecule has 2 heteroatoms. The molecule has 0 atom stereocenters. The van der Waals surface area contributed by atoms with Crippen molar-refractivity contribution in [3.8, 4) is 11.5 Å². The minimum absolute atomic E-state index is 0.133. The number of rotatable bonds is 12. The van der Waals surface area contributed by atoms with E-state index in [1.54, 1.807) is 19.1 Å². The van der Waals surface area contributed by atoms with Crippen LogP contribution in [0.5, 0.6) is 11.5 Å². The van der Waals surface area contributed by atoms with Crippen molar-refractivity contribution in [1.29, 1.82) is 0 Å². The summed E-state index contributed by atoms with van der Waals surface area (Å²) in [5.41, 5.74) is 1.33. The summed E-state index contributed by atoms with van der Waals surface area (Å²) in [6, 6.07) is 3.33. The molecule has 0 saturated heterocycles. The predicted molar refractivity (Wildman–Crippen MR) is 105 cm³/mol. The Morgan fingerprint density at radius 2 is 1.33 bits per heavy atom. The monoisotopic (exact) mass is 330 g/mol. The maximum Gasteiger partial charge on any atom is 0.122 e. The highest BCUT2D eigenvalue weighted by Crippen LogP contribution is 2.28. The van der Waals surface area contributed by atoms with Crippen LogP contribution in [0.4, 0.5) is 0 Å². The Bertz CT molecular complexity index is 492. The fourth-order valence-corrected chi connectivity index (χ4v) is 2.72. The molecule has 0 aromatic heterocycles. The van der Waals surface area contributed by atoms with Crippen LogP contribution in [0, 0.1) is 6.92 Å². The second kappa shape index (κ2) is 12.7. The molecule has 1 rings (SSSR count). The Morgan fingerprint density at radius 3 is 1.92 bits per heavy atom. The van der Waals surface area contributed by atoms with Crippen LogP contribution in [0.2, 0.25) is 0 Å². The van der Waals surface area contributed by atoms with E-state index in [0.717, 1.165) is 12.0 Å². The fourth-order valence-electron chi connectivity index (χ4n) is 2.72. The summed E-state index contributed by atoms with van der Waals surface area (Å²) in [4.78, 5) is 0. The Morgan fingerprint density at radius 1 is 0.792 bits per heavy atom. The average molecular weight is 331 g/mol. The first-order valence-corrected chi connectivity index (χ1v) is 9.51. The van der Waals surface area contributed by atoms with Crippen LogP contribution in [-0.2, 0) is 0 Å². The largest absolute Gasteiger partial charge is 0.508 e. The molecule has 0 bridgehead atoms. The van der Waals surface area contributed by atoms with E-state index in [4.69, 9.17) is 0 Å². The number of hydrogen-bond acceptors (Lipinski definition) is 2. The molecule has 0 unspecified atom stereocenters. The summed E-state index contributed by atoms with van der Waals surface area (Å²) >= 11 is 0. The number of benzene rings is 1. The lowest BCUT2D eigenvalue weighted by Gasteiger charge is -2.03. The van der Waals surface area contributed by atoms with Crippen molar-refractivity contribution in [2.24, 2.45) is 0 Å². The second-order valence-corrected chi connectivity index (χ2v) is 6.59. The maximum absolute atomic E-state index is 9.67. The van der Waals surface area contributed by atoms with E-state index in [0.29, 0.717) is 5.56 Å². The highest BCUT2D eigenvalue weighted by molar-refractivity contribution is 5.58. The molecule has 0 heterocycles. The molecule has 1 aromatic rings. The highest BCUT2D eigenvalue weighted by atomic mass is 16.3. The predicted octanol–water partition coefficient (Wildman–Crippen LogP) is 6.90. The van der Waals surface area contributed by atoms with E-state index in [1.165, 1.54) is 57.8 Å². The van der Waals surface area contributed by atoms with Gasteiger partial charge < -0.3 is 10.2 Å². The summed E-state index contributed by atoms with van der Waals surface area (Å²) in [5.74, 6) is 0.265. The van der Waals surface area contributed by atoms with Crippen LogP contribution in [0.15, 0.2) is 30.4 Å². The van der Waals surface area contributed by atoms with Crippen molar-refractivity contribution < 1.29 is 10.2 Å². The Kier molecular flexibility index (Phi) is 10.8. The third-order valence-electron chi connectivity index (χ3n) is 4.39. The van der Waals surface area contributed by atoms with E-state index >= 15 is 0 Å². The number of phenolic OH excluding ortho intramolecular Hbond substituents is 2. The van der Waals surface area contributed by atoms with Crippen molar-refractivity contribution in [1.82, 2.24) is 0 Å². The van der Waals surface area contributed by atoms with Gasteiger partial charge in [-0.25, -0.2) is 0 Å². The van der Waals surface area contributed by atoms with Gasteiger partial charge in [0, 0.05) is 5.56 Å². The maximum atomic E-state index is 9.67. The van der Waals surface area contributed by atoms with Crippen molar-refractivity contribution in [3.05, 3.63) is 41.5 Å². The molecule has 0 aliphatic carbocycles. The molecule has 2 nitrogen and oxygen atoms in total. The molecule has 0 aliphatic rings. The fraction of sp³-hybridized carbons (Fsp3) is 0.545. The molecule has 0 radical (unpaired) electrons. The van der Waals surface area contributed by atoms with Gasteiger partial charge >= 0.3 is 0 Å². The van der Waals surface area contributed by atoms with E-state index in [2.05, 4.69) is 13.0 Å². The second-order valence-electron chi connectivity index (χ2n) is 6.59. The van der Waals surface area contributed by atoms with Crippen molar-refractivity contribution in [2.75, 3.05) is 0 Å². The molecule has 0 amide bonds. The molecule has 0 saturated carbocycles. The molecule has 0 spiro atoms. The minimum Gasteiger partial charge on any atom is -0.508 e. The van der Waals surface area contributed by atoms with E-state index in [1.807, 2.05) is 18.2 Å². The smallest absolute Gasteiger partial charge is 0.122 e. The van der Waals surface area contributed by atoms with Crippen LogP contribution in [-0.4, -0.2) is 10.2 Å². The first-order valence-electron chi connectivity index (χ1n) is 9.51. The average Bonchev–Trinajstić information content (AvgIpc) is 2.56. The molecular formula is C22H34O2. The van der Waals surface area contributed by atoms with Gasteiger partial charge in [-0.3, -0.25) is 0 Å². The van der Waals surface area contributed by atoms with Gasteiger partial charge in [-0.1, -0.05) is 82.6 Å². The van der Waals surface area contributed by atoms with E-state index < -0.39 is 0 Å². The molecular weight excluding hydrogens is 296 g/mol. The molecule has 0 fully saturated rings. The quantitative estimate of drug-likeness (QED) is 0.323. The van der Waals surface area contributed by atoms with Gasteiger partial charge in [0.1, 0.15) is 11.5 Å². The number of phenols is 2. The van der Waals surface area contributed by atoms with Gasteiger partial charge in [0.2, 0.25) is 0 Å². The Hall–Kier alpha value is -1.70. The third kappa shape index (κ3) is 8.81. The lowest BCUT2D eigenvalue weighted by atomic mass is 10.1. The van der Waals surface area contributed by atoms with Crippen LogP contribution >= 0.6 is 0 Å². The zero-order chi connectivity index (χ0) is 17.6. The Labute approximate surface area is 147 Å². The van der Waals surface area contributed by atoms with Crippen molar-refractivity contribution in [2.45, 2.75) is 78.1 Å². The summed E-state index contributed by atoms with van der Waals surface area (Å²) in [6.07, 6.45) is 21.4. The molecule has 134 valence electrons. The van der Waals surface area contributed by atoms with Crippen LogP contribution in [0.25, 0.3) is 6.08 Å². The Balaban J connectivity index is 2.09. The molecule has 1 aromatic carbocycles. The summed E-state index contributed by atoms with van der Waals surface area (Å²) < 4.78 is 0. The highest BCUT2D eigenvalue weighted by Gasteiger charge is 2.02. The van der Waals surface area contributed by atoms with Gasteiger partial charge in [-0.05, 0) is 37.5 Å². The number of aromatic hydroxyl groups is 2. The topological polar surface area (TPSA) is 40.5 Å². The van der Waals surface area contributed by atoms with Crippen LogP contribution < -0.4 is 0 Å². The standard InChI is InChI=1S/C22H34O2/c1-3-4-5-6-7-8-9-10-11-12-13-14-15-16-20-17-21(23)19(2)22(24)18-20/h13-18,23-24H,3-12H2,1-2H3. The molecule has 24 heavy (non-hydrogen) atoms. The number of allylic oxidation sites excluding steroid dienone is 3. The van der Waals surface area contributed by atoms with Crippen LogP contribution in [0.3, 0.4) is 0 Å². The summed E-state index contributed by atoms with van der Waals surface area (Å²) in [5, 5.41) is 19.3. The lowest BCUT2D eigenvalue weighted by Crippen LogP contribution is -1.80. The third-order valence-corrected chi connectivity index (χ3v) is 4.39. The zero-order valence-electron chi connectivity index (χ0n) is 15.4. The summed E-state index contributed by atoms with van der Waals surface area (Å²) in [7, 11) is 0. The first kappa shape index (κ1) is 20.3. The first-order chi connectivity index (χ1) is 11.6. The molecule has 0 aliphatic heterocycles. The van der Waals surface area contributed by atoms with E-state index in [-0.39, 0.29) is 11.5 Å². The van der Waals surface area contributed by atoms with Gasteiger partial charge in [0.25, 0.3) is 0 Å². The number of hydrogen-bond donors (Lipinski definition) is 2.